The molecule has 2 aliphatic rings. The average molecular weight is 280 g/mol. The van der Waals surface area contributed by atoms with Crippen LogP contribution in [0.5, 0.6) is 0 Å². The van der Waals surface area contributed by atoms with E-state index in [2.05, 4.69) is 17.5 Å². The number of thiophene rings is 1. The van der Waals surface area contributed by atoms with Gasteiger partial charge in [0.1, 0.15) is 0 Å². The van der Waals surface area contributed by atoms with Gasteiger partial charge < -0.3 is 0 Å². The summed E-state index contributed by atoms with van der Waals surface area (Å²) in [6.45, 7) is 0. The molecule has 2 fully saturated rings. The number of hydrogen-bond acceptors (Lipinski definition) is 1. The van der Waals surface area contributed by atoms with Gasteiger partial charge in [0.15, 0.2) is 0 Å². The molecule has 1 heterocycles. The summed E-state index contributed by atoms with van der Waals surface area (Å²) in [5.41, 5.74) is 2.13. The second kappa shape index (κ2) is 6.53. The molecule has 0 atom stereocenters. The summed E-state index contributed by atoms with van der Waals surface area (Å²) in [5.74, 6) is 0. The van der Waals surface area contributed by atoms with Crippen LogP contribution < -0.4 is 4.62 Å². The van der Waals surface area contributed by atoms with E-state index >= 15 is 0 Å². The van der Waals surface area contributed by atoms with Crippen molar-refractivity contribution in [3.8, 4) is 0 Å². The van der Waals surface area contributed by atoms with Crippen LogP contribution in [-0.2, 0) is 0 Å². The molecule has 18 heavy (non-hydrogen) atoms. The van der Waals surface area contributed by atoms with Gasteiger partial charge in [-0.25, -0.2) is 0 Å². The quantitative estimate of drug-likeness (QED) is 0.639. The van der Waals surface area contributed by atoms with Gasteiger partial charge in [0.2, 0.25) is 0 Å². The lowest BCUT2D eigenvalue weighted by atomic mass is 9.99. The van der Waals surface area contributed by atoms with E-state index in [0.29, 0.717) is 0 Å². The summed E-state index contributed by atoms with van der Waals surface area (Å²) < 4.78 is 1.77. The maximum Gasteiger partial charge on any atom is 0.0283 e. The summed E-state index contributed by atoms with van der Waals surface area (Å²) in [7, 11) is 0.163. The zero-order chi connectivity index (χ0) is 12.2. The Bertz CT molecular complexity index is 316. The molecular formula is C16H25PS. The van der Waals surface area contributed by atoms with E-state index in [9.17, 15) is 0 Å². The van der Waals surface area contributed by atoms with Crippen LogP contribution in [0, 0.1) is 0 Å². The van der Waals surface area contributed by atoms with Gasteiger partial charge in [-0.1, -0.05) is 52.5 Å². The molecule has 2 saturated carbocycles. The van der Waals surface area contributed by atoms with E-state index < -0.39 is 0 Å². The Morgan fingerprint density at radius 2 is 1.39 bits per heavy atom. The molecule has 0 bridgehead atoms. The summed E-state index contributed by atoms with van der Waals surface area (Å²) in [4.78, 5) is 0. The minimum atomic E-state index is 0.163. The average Bonchev–Trinajstić information content (AvgIpc) is 2.95. The number of hydrogen-bond donors (Lipinski definition) is 0. The predicted octanol–water partition coefficient (Wildman–Crippen LogP) is 5.52. The van der Waals surface area contributed by atoms with Crippen LogP contribution >= 0.6 is 19.3 Å². The molecule has 0 aliphatic heterocycles. The SMILES string of the molecule is c1csc(P(C2CCCCC2)C2CCCCC2)c1. The molecule has 0 aromatic carbocycles. The molecule has 0 unspecified atom stereocenters. The third-order valence-corrected chi connectivity index (χ3v) is 9.58. The first kappa shape index (κ1) is 13.1. The summed E-state index contributed by atoms with van der Waals surface area (Å²) >= 11 is 2.05. The van der Waals surface area contributed by atoms with Crippen molar-refractivity contribution < 1.29 is 0 Å². The molecule has 3 rings (SSSR count). The van der Waals surface area contributed by atoms with Crippen molar-refractivity contribution in [1.82, 2.24) is 0 Å². The zero-order valence-corrected chi connectivity index (χ0v) is 13.0. The Kier molecular flexibility index (Phi) is 4.76. The van der Waals surface area contributed by atoms with Crippen LogP contribution in [0.25, 0.3) is 0 Å². The topological polar surface area (TPSA) is 0 Å². The normalized spacial score (nSPS) is 23.6. The smallest absolute Gasteiger partial charge is 0.0283 e. The van der Waals surface area contributed by atoms with E-state index in [4.69, 9.17) is 0 Å². The van der Waals surface area contributed by atoms with E-state index in [1.807, 2.05) is 11.3 Å². The third kappa shape index (κ3) is 2.99. The predicted molar refractivity (Wildman–Crippen MR) is 84.6 cm³/mol. The second-order valence-corrected chi connectivity index (χ2v) is 9.95. The molecule has 1 aromatic heterocycles. The first-order chi connectivity index (χ1) is 8.95. The van der Waals surface area contributed by atoms with Gasteiger partial charge in [-0.15, -0.1) is 11.3 Å². The molecular weight excluding hydrogens is 255 g/mol. The minimum absolute atomic E-state index is 0.163. The van der Waals surface area contributed by atoms with Crippen LogP contribution in [0.4, 0.5) is 0 Å². The maximum absolute atomic E-state index is 2.44. The first-order valence-electron chi connectivity index (χ1n) is 7.77. The molecule has 0 radical (unpaired) electrons. The number of rotatable bonds is 3. The lowest BCUT2D eigenvalue weighted by Gasteiger charge is -2.37. The van der Waals surface area contributed by atoms with Crippen molar-refractivity contribution in [3.63, 3.8) is 0 Å². The van der Waals surface area contributed by atoms with Gasteiger partial charge in [-0.2, -0.15) is 0 Å². The fraction of sp³-hybridized carbons (Fsp3) is 0.750. The Morgan fingerprint density at radius 1 is 0.833 bits per heavy atom. The largest absolute Gasteiger partial charge is 0.144 e. The van der Waals surface area contributed by atoms with Crippen LogP contribution in [0.15, 0.2) is 17.5 Å². The first-order valence-corrected chi connectivity index (χ1v) is 10.1. The van der Waals surface area contributed by atoms with E-state index in [-0.39, 0.29) is 7.92 Å². The van der Waals surface area contributed by atoms with Crippen LogP contribution in [0.1, 0.15) is 64.2 Å². The molecule has 0 N–H and O–H groups in total. The maximum atomic E-state index is 2.44. The highest BCUT2D eigenvalue weighted by Gasteiger charge is 2.32. The van der Waals surface area contributed by atoms with E-state index in [1.54, 1.807) is 4.62 Å². The highest BCUT2D eigenvalue weighted by atomic mass is 32.1. The van der Waals surface area contributed by atoms with Crippen molar-refractivity contribution in [3.05, 3.63) is 17.5 Å². The van der Waals surface area contributed by atoms with Crippen LogP contribution in [0.2, 0.25) is 0 Å². The Balaban J connectivity index is 1.78. The van der Waals surface area contributed by atoms with Crippen molar-refractivity contribution in [2.75, 3.05) is 0 Å². The van der Waals surface area contributed by atoms with Gasteiger partial charge in [0, 0.05) is 4.62 Å². The van der Waals surface area contributed by atoms with Crippen LogP contribution in [0.3, 0.4) is 0 Å². The van der Waals surface area contributed by atoms with E-state index in [1.165, 1.54) is 64.2 Å². The van der Waals surface area contributed by atoms with Crippen molar-refractivity contribution in [2.45, 2.75) is 75.5 Å². The second-order valence-electron chi connectivity index (χ2n) is 5.94. The van der Waals surface area contributed by atoms with Gasteiger partial charge in [-0.3, -0.25) is 0 Å². The van der Waals surface area contributed by atoms with Crippen molar-refractivity contribution in [1.29, 1.82) is 0 Å². The highest BCUT2D eigenvalue weighted by molar-refractivity contribution is 7.72. The molecule has 0 nitrogen and oxygen atoms in total. The highest BCUT2D eigenvalue weighted by Crippen LogP contribution is 2.55. The van der Waals surface area contributed by atoms with E-state index in [0.717, 1.165) is 11.3 Å². The molecule has 0 saturated heterocycles. The third-order valence-electron chi connectivity index (χ3n) is 4.70. The molecule has 2 aliphatic carbocycles. The molecule has 0 amide bonds. The molecule has 0 spiro atoms. The van der Waals surface area contributed by atoms with Gasteiger partial charge in [0.25, 0.3) is 0 Å². The van der Waals surface area contributed by atoms with Crippen molar-refractivity contribution in [2.24, 2.45) is 0 Å². The minimum Gasteiger partial charge on any atom is -0.144 e. The summed E-state index contributed by atoms with van der Waals surface area (Å²) in [6.07, 6.45) is 15.1. The lowest BCUT2D eigenvalue weighted by Crippen LogP contribution is -2.24. The zero-order valence-electron chi connectivity index (χ0n) is 11.3. The monoisotopic (exact) mass is 280 g/mol. The van der Waals surface area contributed by atoms with Gasteiger partial charge in [-0.05, 0) is 48.4 Å². The Labute approximate surface area is 117 Å². The lowest BCUT2D eigenvalue weighted by molar-refractivity contribution is 0.487. The van der Waals surface area contributed by atoms with Gasteiger partial charge >= 0.3 is 0 Å². The standard InChI is InChI=1S/C16H25PS/c1-3-8-14(9-4-1)17(16-12-7-13-18-16)15-10-5-2-6-11-15/h7,12-15H,1-6,8-11H2. The molecule has 2 heteroatoms. The van der Waals surface area contributed by atoms with Crippen LogP contribution in [-0.4, -0.2) is 11.3 Å². The fourth-order valence-corrected chi connectivity index (χ4v) is 9.23. The van der Waals surface area contributed by atoms with Gasteiger partial charge in [0.05, 0.1) is 0 Å². The fourth-order valence-electron chi connectivity index (χ4n) is 3.79. The summed E-state index contributed by atoms with van der Waals surface area (Å²) in [6, 6.07) is 4.72. The Hall–Kier alpha value is 0.130. The van der Waals surface area contributed by atoms with Crippen molar-refractivity contribution >= 4 is 23.9 Å². The molecule has 1 aromatic rings. The Morgan fingerprint density at radius 3 is 1.83 bits per heavy atom. The molecule has 100 valence electrons. The summed E-state index contributed by atoms with van der Waals surface area (Å²) in [5, 5.41) is 2.30.